The Balaban J connectivity index is 1.52. The maximum Gasteiger partial charge on any atom is 0.225 e. The Hall–Kier alpha value is -2.89. The molecule has 0 saturated heterocycles. The molecule has 0 radical (unpaired) electrons. The standard InChI is InChI=1S/C22H26N4O2/c1-13(26-15(3)22(16(4)27)14(2)24-26)11-21(28)25-10-9-20-18(12-25)17-7-5-6-8-19(17)23-20/h5-8,13,23H,9-12H2,1-4H3/t13-/m0/s1. The number of H-pyrrole nitrogens is 1. The summed E-state index contributed by atoms with van der Waals surface area (Å²) in [5.74, 6) is 0.142. The van der Waals surface area contributed by atoms with Gasteiger partial charge in [-0.05, 0) is 33.8 Å². The van der Waals surface area contributed by atoms with Gasteiger partial charge in [0.2, 0.25) is 5.91 Å². The highest BCUT2D eigenvalue weighted by molar-refractivity contribution is 5.96. The molecule has 0 bridgehead atoms. The number of fused-ring (bicyclic) bond motifs is 3. The number of ketones is 1. The van der Waals surface area contributed by atoms with Crippen molar-refractivity contribution in [2.45, 2.75) is 53.1 Å². The van der Waals surface area contributed by atoms with E-state index in [1.807, 2.05) is 42.5 Å². The highest BCUT2D eigenvalue weighted by Crippen LogP contribution is 2.28. The minimum absolute atomic E-state index is 0.0164. The van der Waals surface area contributed by atoms with Crippen LogP contribution in [0.5, 0.6) is 0 Å². The van der Waals surface area contributed by atoms with E-state index in [-0.39, 0.29) is 17.7 Å². The van der Waals surface area contributed by atoms with Crippen LogP contribution in [0.15, 0.2) is 24.3 Å². The molecule has 1 aliphatic heterocycles. The summed E-state index contributed by atoms with van der Waals surface area (Å²) in [6.45, 7) is 8.66. The van der Waals surface area contributed by atoms with E-state index in [1.54, 1.807) is 6.92 Å². The fourth-order valence-electron chi connectivity index (χ4n) is 4.45. The van der Waals surface area contributed by atoms with Gasteiger partial charge in [0.05, 0.1) is 17.3 Å². The van der Waals surface area contributed by atoms with E-state index < -0.39 is 0 Å². The molecule has 3 aromatic rings. The third-order valence-electron chi connectivity index (χ3n) is 5.80. The molecule has 2 aromatic heterocycles. The number of para-hydroxylation sites is 1. The van der Waals surface area contributed by atoms with Gasteiger partial charge in [-0.15, -0.1) is 0 Å². The van der Waals surface area contributed by atoms with Crippen molar-refractivity contribution in [3.8, 4) is 0 Å². The SMILES string of the molecule is CC(=O)c1c(C)nn([C@@H](C)CC(=O)N2CCc3[nH]c4ccccc4c3C2)c1C. The summed E-state index contributed by atoms with van der Waals surface area (Å²) in [5, 5.41) is 5.72. The number of benzene rings is 1. The number of nitrogens with zero attached hydrogens (tertiary/aromatic N) is 3. The number of aryl methyl sites for hydroxylation is 1. The Labute approximate surface area is 164 Å². The van der Waals surface area contributed by atoms with Gasteiger partial charge in [-0.3, -0.25) is 14.3 Å². The van der Waals surface area contributed by atoms with Gasteiger partial charge < -0.3 is 9.88 Å². The molecule has 1 amide bonds. The molecule has 1 atom stereocenters. The van der Waals surface area contributed by atoms with Crippen molar-refractivity contribution in [1.29, 1.82) is 0 Å². The van der Waals surface area contributed by atoms with E-state index in [0.29, 0.717) is 18.5 Å². The molecule has 6 nitrogen and oxygen atoms in total. The van der Waals surface area contributed by atoms with Gasteiger partial charge in [0.25, 0.3) is 0 Å². The number of carbonyl (C=O) groups excluding carboxylic acids is 2. The summed E-state index contributed by atoms with van der Waals surface area (Å²) in [6.07, 6.45) is 1.22. The van der Waals surface area contributed by atoms with Crippen LogP contribution in [0.2, 0.25) is 0 Å². The molecule has 146 valence electrons. The van der Waals surface area contributed by atoms with Crippen molar-refractivity contribution in [3.05, 3.63) is 52.5 Å². The molecule has 4 rings (SSSR count). The zero-order valence-corrected chi connectivity index (χ0v) is 16.9. The van der Waals surface area contributed by atoms with Crippen LogP contribution < -0.4 is 0 Å². The lowest BCUT2D eigenvalue weighted by molar-refractivity contribution is -0.132. The second kappa shape index (κ2) is 6.93. The Morgan fingerprint density at radius 1 is 1.25 bits per heavy atom. The number of aromatic amines is 1. The summed E-state index contributed by atoms with van der Waals surface area (Å²) >= 11 is 0. The third-order valence-corrected chi connectivity index (χ3v) is 5.80. The largest absolute Gasteiger partial charge is 0.358 e. The summed E-state index contributed by atoms with van der Waals surface area (Å²) in [6, 6.07) is 8.16. The average Bonchev–Trinajstić information content (AvgIpc) is 3.17. The lowest BCUT2D eigenvalue weighted by Crippen LogP contribution is -2.36. The normalized spacial score (nSPS) is 14.9. The van der Waals surface area contributed by atoms with Crippen molar-refractivity contribution in [3.63, 3.8) is 0 Å². The van der Waals surface area contributed by atoms with Crippen LogP contribution >= 0.6 is 0 Å². The average molecular weight is 378 g/mol. The third kappa shape index (κ3) is 3.03. The second-order valence-corrected chi connectivity index (χ2v) is 7.79. The number of hydrogen-bond donors (Lipinski definition) is 1. The molecular formula is C22H26N4O2. The van der Waals surface area contributed by atoms with E-state index >= 15 is 0 Å². The van der Waals surface area contributed by atoms with Gasteiger partial charge in [-0.2, -0.15) is 5.10 Å². The van der Waals surface area contributed by atoms with Crippen LogP contribution in [0.3, 0.4) is 0 Å². The number of amides is 1. The lowest BCUT2D eigenvalue weighted by atomic mass is 10.0. The number of Topliss-reactive ketones (excluding diaryl/α,β-unsaturated/α-hetero) is 1. The first-order chi connectivity index (χ1) is 13.4. The van der Waals surface area contributed by atoms with Crippen LogP contribution in [0, 0.1) is 13.8 Å². The van der Waals surface area contributed by atoms with Gasteiger partial charge in [0, 0.05) is 53.8 Å². The zero-order valence-electron chi connectivity index (χ0n) is 16.9. The smallest absolute Gasteiger partial charge is 0.225 e. The maximum absolute atomic E-state index is 13.0. The fourth-order valence-corrected chi connectivity index (χ4v) is 4.45. The lowest BCUT2D eigenvalue weighted by Gasteiger charge is -2.28. The molecule has 0 spiro atoms. The van der Waals surface area contributed by atoms with Gasteiger partial charge in [-0.25, -0.2) is 0 Å². The summed E-state index contributed by atoms with van der Waals surface area (Å²) in [7, 11) is 0. The van der Waals surface area contributed by atoms with Crippen molar-refractivity contribution in [1.82, 2.24) is 19.7 Å². The molecule has 1 aliphatic rings. The molecule has 0 unspecified atom stereocenters. The van der Waals surface area contributed by atoms with Crippen LogP contribution in [-0.2, 0) is 17.8 Å². The predicted molar refractivity (Wildman–Crippen MR) is 108 cm³/mol. The van der Waals surface area contributed by atoms with Gasteiger partial charge >= 0.3 is 0 Å². The first-order valence-electron chi connectivity index (χ1n) is 9.79. The highest BCUT2D eigenvalue weighted by atomic mass is 16.2. The monoisotopic (exact) mass is 378 g/mol. The maximum atomic E-state index is 13.0. The van der Waals surface area contributed by atoms with Crippen molar-refractivity contribution < 1.29 is 9.59 Å². The fraction of sp³-hybridized carbons (Fsp3) is 0.409. The molecule has 28 heavy (non-hydrogen) atoms. The number of hydrogen-bond acceptors (Lipinski definition) is 3. The molecule has 6 heteroatoms. The first-order valence-corrected chi connectivity index (χ1v) is 9.79. The molecule has 1 N–H and O–H groups in total. The number of carbonyl (C=O) groups is 2. The number of aromatic nitrogens is 3. The van der Waals surface area contributed by atoms with Crippen LogP contribution in [0.1, 0.15) is 59.3 Å². The Bertz CT molecular complexity index is 1080. The Kier molecular flexibility index (Phi) is 4.57. The topological polar surface area (TPSA) is 71.0 Å². The summed E-state index contributed by atoms with van der Waals surface area (Å²) < 4.78 is 1.82. The van der Waals surface area contributed by atoms with E-state index in [1.165, 1.54) is 16.6 Å². The number of nitrogens with one attached hydrogen (secondary N) is 1. The van der Waals surface area contributed by atoms with Crippen LogP contribution in [-0.4, -0.2) is 37.9 Å². The van der Waals surface area contributed by atoms with E-state index in [9.17, 15) is 9.59 Å². The quantitative estimate of drug-likeness (QED) is 0.704. The second-order valence-electron chi connectivity index (χ2n) is 7.79. The van der Waals surface area contributed by atoms with Gasteiger partial charge in [-0.1, -0.05) is 18.2 Å². The van der Waals surface area contributed by atoms with Gasteiger partial charge in [0.1, 0.15) is 0 Å². The molecule has 3 heterocycles. The zero-order chi connectivity index (χ0) is 20.0. The van der Waals surface area contributed by atoms with Gasteiger partial charge in [0.15, 0.2) is 5.78 Å². The number of rotatable bonds is 4. The first kappa shape index (κ1) is 18.5. The van der Waals surface area contributed by atoms with E-state index in [0.717, 1.165) is 29.9 Å². The minimum atomic E-state index is -0.0938. The van der Waals surface area contributed by atoms with E-state index in [4.69, 9.17) is 0 Å². The van der Waals surface area contributed by atoms with Crippen LogP contribution in [0.4, 0.5) is 0 Å². The van der Waals surface area contributed by atoms with E-state index in [2.05, 4.69) is 22.2 Å². The minimum Gasteiger partial charge on any atom is -0.358 e. The summed E-state index contributed by atoms with van der Waals surface area (Å²) in [5.41, 5.74) is 5.83. The molecule has 0 fully saturated rings. The van der Waals surface area contributed by atoms with Crippen molar-refractivity contribution >= 4 is 22.6 Å². The molecule has 0 saturated carbocycles. The Morgan fingerprint density at radius 2 is 2.00 bits per heavy atom. The molecule has 1 aromatic carbocycles. The van der Waals surface area contributed by atoms with Crippen molar-refractivity contribution in [2.24, 2.45) is 0 Å². The highest BCUT2D eigenvalue weighted by Gasteiger charge is 2.26. The predicted octanol–water partition coefficient (Wildman–Crippen LogP) is 3.72. The Morgan fingerprint density at radius 3 is 2.71 bits per heavy atom. The summed E-state index contributed by atoms with van der Waals surface area (Å²) in [4.78, 5) is 30.3. The molecular weight excluding hydrogens is 352 g/mol. The van der Waals surface area contributed by atoms with Crippen molar-refractivity contribution in [2.75, 3.05) is 6.54 Å². The van der Waals surface area contributed by atoms with Crippen LogP contribution in [0.25, 0.3) is 10.9 Å². The molecule has 0 aliphatic carbocycles.